The minimum atomic E-state index is 0.322. The van der Waals surface area contributed by atoms with Gasteiger partial charge in [0, 0.05) is 17.5 Å². The molecule has 1 heterocycles. The molecule has 0 saturated heterocycles. The molecule has 0 aliphatic carbocycles. The fourth-order valence-electron chi connectivity index (χ4n) is 1.30. The molecule has 0 fully saturated rings. The van der Waals surface area contributed by atoms with E-state index in [1.165, 1.54) is 10.6 Å². The molecule has 0 bridgehead atoms. The summed E-state index contributed by atoms with van der Waals surface area (Å²) < 4.78 is 0. The predicted molar refractivity (Wildman–Crippen MR) is 58.2 cm³/mol. The molecule has 2 nitrogen and oxygen atoms in total. The molecule has 1 N–H and O–H groups in total. The maximum atomic E-state index is 4.48. The molecule has 1 atom stereocenters. The first-order valence-electron chi connectivity index (χ1n) is 4.43. The summed E-state index contributed by atoms with van der Waals surface area (Å²) >= 11 is 1.75. The van der Waals surface area contributed by atoms with Crippen LogP contribution < -0.4 is 5.32 Å². The normalized spacial score (nSPS) is 12.8. The van der Waals surface area contributed by atoms with Gasteiger partial charge in [0.2, 0.25) is 0 Å². The Morgan fingerprint density at radius 3 is 2.77 bits per heavy atom. The summed E-state index contributed by atoms with van der Waals surface area (Å²) in [6.45, 7) is 10.8. The largest absolute Gasteiger partial charge is 0.305 e. The Morgan fingerprint density at radius 1 is 1.62 bits per heavy atom. The third kappa shape index (κ3) is 2.64. The highest BCUT2D eigenvalue weighted by molar-refractivity contribution is 7.11. The second-order valence-corrected chi connectivity index (χ2v) is 4.50. The van der Waals surface area contributed by atoms with Gasteiger partial charge in [0.1, 0.15) is 0 Å². The molecule has 0 spiro atoms. The number of aryl methyl sites for hydroxylation is 2. The molecule has 0 aliphatic rings. The first-order valence-corrected chi connectivity index (χ1v) is 5.25. The van der Waals surface area contributed by atoms with E-state index in [0.717, 1.165) is 11.6 Å². The number of hydrogen-bond donors (Lipinski definition) is 1. The van der Waals surface area contributed by atoms with Gasteiger partial charge in [-0.1, -0.05) is 6.08 Å². The molecular formula is C10H16N2S. The molecule has 0 amide bonds. The second kappa shape index (κ2) is 4.53. The smallest absolute Gasteiger partial charge is 0.0900 e. The van der Waals surface area contributed by atoms with Gasteiger partial charge in [-0.3, -0.25) is 0 Å². The van der Waals surface area contributed by atoms with Gasteiger partial charge in [0.25, 0.3) is 0 Å². The Labute approximate surface area is 83.7 Å². The zero-order valence-corrected chi connectivity index (χ0v) is 9.24. The van der Waals surface area contributed by atoms with E-state index < -0.39 is 0 Å². The summed E-state index contributed by atoms with van der Waals surface area (Å²) in [4.78, 5) is 5.79. The van der Waals surface area contributed by atoms with Crippen LogP contribution in [0.25, 0.3) is 0 Å². The van der Waals surface area contributed by atoms with Crippen LogP contribution in [-0.2, 0) is 0 Å². The Kier molecular flexibility index (Phi) is 3.63. The van der Waals surface area contributed by atoms with Gasteiger partial charge in [0.05, 0.1) is 10.7 Å². The number of nitrogens with one attached hydrogen (secondary N) is 1. The highest BCUT2D eigenvalue weighted by atomic mass is 32.1. The van der Waals surface area contributed by atoms with Crippen molar-refractivity contribution in [2.45, 2.75) is 26.8 Å². The van der Waals surface area contributed by atoms with Crippen molar-refractivity contribution in [3.8, 4) is 0 Å². The fraction of sp³-hybridized carbons (Fsp3) is 0.500. The maximum Gasteiger partial charge on any atom is 0.0900 e. The van der Waals surface area contributed by atoms with Crippen LogP contribution in [0.4, 0.5) is 0 Å². The van der Waals surface area contributed by atoms with Gasteiger partial charge in [-0.05, 0) is 20.8 Å². The zero-order chi connectivity index (χ0) is 9.84. The average Bonchev–Trinajstić information content (AvgIpc) is 2.41. The summed E-state index contributed by atoms with van der Waals surface area (Å²) in [5.41, 5.74) is 1.17. The van der Waals surface area contributed by atoms with Crippen LogP contribution in [0.2, 0.25) is 0 Å². The van der Waals surface area contributed by atoms with Crippen LogP contribution in [-0.4, -0.2) is 11.5 Å². The SMILES string of the molecule is C=CCNC(C)c1nc(C)sc1C. The molecule has 72 valence electrons. The van der Waals surface area contributed by atoms with Crippen LogP contribution in [0.1, 0.15) is 28.5 Å². The quantitative estimate of drug-likeness (QED) is 0.749. The lowest BCUT2D eigenvalue weighted by Gasteiger charge is -2.10. The Balaban J connectivity index is 2.69. The standard InChI is InChI=1S/C10H16N2S/c1-5-6-11-7(2)10-8(3)13-9(4)12-10/h5,7,11H,1,6H2,2-4H3. The minimum absolute atomic E-state index is 0.322. The van der Waals surface area contributed by atoms with E-state index in [0.29, 0.717) is 6.04 Å². The first-order chi connectivity index (χ1) is 6.15. The van der Waals surface area contributed by atoms with Crippen molar-refractivity contribution in [3.05, 3.63) is 28.2 Å². The number of thiazole rings is 1. The van der Waals surface area contributed by atoms with Crippen molar-refractivity contribution < 1.29 is 0 Å². The fourth-order valence-corrected chi connectivity index (χ4v) is 2.22. The van der Waals surface area contributed by atoms with Crippen LogP contribution in [0, 0.1) is 13.8 Å². The van der Waals surface area contributed by atoms with Crippen molar-refractivity contribution in [2.75, 3.05) is 6.54 Å². The van der Waals surface area contributed by atoms with Gasteiger partial charge in [-0.15, -0.1) is 17.9 Å². The number of hydrogen-bond acceptors (Lipinski definition) is 3. The van der Waals surface area contributed by atoms with Crippen molar-refractivity contribution in [2.24, 2.45) is 0 Å². The van der Waals surface area contributed by atoms with Gasteiger partial charge < -0.3 is 5.32 Å². The summed E-state index contributed by atoms with van der Waals surface area (Å²) in [6.07, 6.45) is 1.87. The highest BCUT2D eigenvalue weighted by Crippen LogP contribution is 2.21. The molecule has 1 aromatic rings. The van der Waals surface area contributed by atoms with Crippen LogP contribution in [0.15, 0.2) is 12.7 Å². The van der Waals surface area contributed by atoms with E-state index in [2.05, 4.69) is 30.7 Å². The third-order valence-electron chi connectivity index (χ3n) is 1.92. The van der Waals surface area contributed by atoms with Crippen molar-refractivity contribution in [1.82, 2.24) is 10.3 Å². The highest BCUT2D eigenvalue weighted by Gasteiger charge is 2.11. The second-order valence-electron chi connectivity index (χ2n) is 3.09. The summed E-state index contributed by atoms with van der Waals surface area (Å²) in [5.74, 6) is 0. The van der Waals surface area contributed by atoms with E-state index in [4.69, 9.17) is 0 Å². The predicted octanol–water partition coefficient (Wildman–Crippen LogP) is 2.60. The lowest BCUT2D eigenvalue weighted by molar-refractivity contribution is 0.601. The summed E-state index contributed by atoms with van der Waals surface area (Å²) in [6, 6.07) is 0.322. The molecule has 3 heteroatoms. The van der Waals surface area contributed by atoms with Gasteiger partial charge in [0.15, 0.2) is 0 Å². The lowest BCUT2D eigenvalue weighted by Crippen LogP contribution is -2.19. The van der Waals surface area contributed by atoms with Crippen molar-refractivity contribution in [3.63, 3.8) is 0 Å². The van der Waals surface area contributed by atoms with E-state index in [1.54, 1.807) is 11.3 Å². The topological polar surface area (TPSA) is 24.9 Å². The van der Waals surface area contributed by atoms with E-state index in [1.807, 2.05) is 13.0 Å². The Bertz CT molecular complexity index is 291. The molecule has 0 radical (unpaired) electrons. The Hall–Kier alpha value is -0.670. The number of aromatic nitrogens is 1. The van der Waals surface area contributed by atoms with Crippen molar-refractivity contribution in [1.29, 1.82) is 0 Å². The molecule has 0 aliphatic heterocycles. The number of rotatable bonds is 4. The molecule has 1 aromatic heterocycles. The van der Waals surface area contributed by atoms with Gasteiger partial charge in [-0.25, -0.2) is 4.98 Å². The average molecular weight is 196 g/mol. The monoisotopic (exact) mass is 196 g/mol. The van der Waals surface area contributed by atoms with E-state index in [-0.39, 0.29) is 0 Å². The Morgan fingerprint density at radius 2 is 2.31 bits per heavy atom. The molecule has 1 rings (SSSR count). The van der Waals surface area contributed by atoms with Crippen LogP contribution >= 0.6 is 11.3 Å². The third-order valence-corrected chi connectivity index (χ3v) is 2.82. The molecular weight excluding hydrogens is 180 g/mol. The minimum Gasteiger partial charge on any atom is -0.305 e. The van der Waals surface area contributed by atoms with Crippen LogP contribution in [0.5, 0.6) is 0 Å². The van der Waals surface area contributed by atoms with Crippen molar-refractivity contribution >= 4 is 11.3 Å². The molecule has 13 heavy (non-hydrogen) atoms. The summed E-state index contributed by atoms with van der Waals surface area (Å²) in [5, 5.41) is 4.47. The van der Waals surface area contributed by atoms with Crippen LogP contribution in [0.3, 0.4) is 0 Å². The number of nitrogens with zero attached hydrogens (tertiary/aromatic N) is 1. The zero-order valence-electron chi connectivity index (χ0n) is 8.42. The molecule has 1 unspecified atom stereocenters. The first kappa shape index (κ1) is 10.4. The molecule has 0 saturated carbocycles. The van der Waals surface area contributed by atoms with E-state index in [9.17, 15) is 0 Å². The molecule has 0 aromatic carbocycles. The van der Waals surface area contributed by atoms with Gasteiger partial charge >= 0.3 is 0 Å². The lowest BCUT2D eigenvalue weighted by atomic mass is 10.2. The van der Waals surface area contributed by atoms with Gasteiger partial charge in [-0.2, -0.15) is 0 Å². The van der Waals surface area contributed by atoms with E-state index >= 15 is 0 Å². The summed E-state index contributed by atoms with van der Waals surface area (Å²) in [7, 11) is 0. The maximum absolute atomic E-state index is 4.48.